The maximum absolute atomic E-state index is 0. The van der Waals surface area contributed by atoms with Crippen LogP contribution in [0.25, 0.3) is 0 Å². The van der Waals surface area contributed by atoms with Gasteiger partial charge in [-0.15, -0.1) is 0 Å². The van der Waals surface area contributed by atoms with E-state index in [0.29, 0.717) is 0 Å². The van der Waals surface area contributed by atoms with Gasteiger partial charge in [-0.05, 0) is 0 Å². The van der Waals surface area contributed by atoms with Crippen LogP contribution in [0.2, 0.25) is 0 Å². The summed E-state index contributed by atoms with van der Waals surface area (Å²) in [6.07, 6.45) is 0. The van der Waals surface area contributed by atoms with Crippen molar-refractivity contribution >= 4 is 118 Å². The monoisotopic (exact) mass is 348 g/mol. The molecule has 8 heavy (non-hydrogen) atoms. The van der Waals surface area contributed by atoms with Crippen molar-refractivity contribution in [2.45, 2.75) is 0 Å². The molecule has 0 bridgehead atoms. The van der Waals surface area contributed by atoms with Crippen LogP contribution in [-0.2, 0) is 77.9 Å². The van der Waals surface area contributed by atoms with E-state index in [0.717, 1.165) is 0 Å². The van der Waals surface area contributed by atoms with Crippen molar-refractivity contribution in [1.29, 1.82) is 0 Å². The molecule has 0 N–H and O–H groups in total. The Bertz CT molecular complexity index is 8.00. The Labute approximate surface area is 191 Å². The van der Waals surface area contributed by atoms with Gasteiger partial charge in [0.25, 0.3) is 0 Å². The molecule has 0 saturated carbocycles. The average molecular weight is 354 g/mol. The van der Waals surface area contributed by atoms with E-state index >= 15 is 0 Å². The van der Waals surface area contributed by atoms with Crippen molar-refractivity contribution in [3.63, 3.8) is 0 Å². The Kier molecular flexibility index (Phi) is 391. The Hall–Kier alpha value is 6.49. The molecule has 0 spiro atoms. The topological polar surface area (TPSA) is 0 Å². The average Bonchev–Trinajstić information content (AvgIpc) is 0. The standard InChI is InChI=1S/4Na.4Zn. The second-order valence-electron chi connectivity index (χ2n) is 0. The summed E-state index contributed by atoms with van der Waals surface area (Å²) >= 11 is 0. The van der Waals surface area contributed by atoms with E-state index in [9.17, 15) is 0 Å². The van der Waals surface area contributed by atoms with Crippen LogP contribution >= 0.6 is 0 Å². The van der Waals surface area contributed by atoms with Gasteiger partial charge in [-0.1, -0.05) is 0 Å². The van der Waals surface area contributed by atoms with Crippen molar-refractivity contribution in [3.8, 4) is 0 Å². The van der Waals surface area contributed by atoms with Crippen molar-refractivity contribution < 1.29 is 77.9 Å². The SMILES string of the molecule is [Na].[Na].[Na].[Na].[Zn].[Zn].[Zn].[Zn]. The van der Waals surface area contributed by atoms with Gasteiger partial charge in [0, 0.05) is 196 Å². The molecule has 0 nitrogen and oxygen atoms in total. The molecule has 0 aromatic heterocycles. The first-order chi connectivity index (χ1) is 0. The molecule has 0 saturated heterocycles. The van der Waals surface area contributed by atoms with Crippen LogP contribution in [-0.4, -0.2) is 118 Å². The zero-order valence-corrected chi connectivity index (χ0v) is 26.7. The van der Waals surface area contributed by atoms with Crippen molar-refractivity contribution in [1.82, 2.24) is 0 Å². The van der Waals surface area contributed by atoms with Crippen molar-refractivity contribution in [3.05, 3.63) is 0 Å². The van der Waals surface area contributed by atoms with Crippen LogP contribution in [0, 0.1) is 0 Å². The minimum absolute atomic E-state index is 0. The summed E-state index contributed by atoms with van der Waals surface area (Å²) in [5.74, 6) is 0. The molecule has 0 aromatic rings. The van der Waals surface area contributed by atoms with Crippen LogP contribution < -0.4 is 0 Å². The molecule has 0 atom stereocenters. The molecule has 0 aliphatic rings. The van der Waals surface area contributed by atoms with Gasteiger partial charge in [-0.25, -0.2) is 0 Å². The minimum Gasteiger partial charge on any atom is 0 e. The van der Waals surface area contributed by atoms with Crippen molar-refractivity contribution in [2.75, 3.05) is 0 Å². The molecule has 0 unspecified atom stereocenters. The molecular formula is Na4Zn4. The summed E-state index contributed by atoms with van der Waals surface area (Å²) < 4.78 is 0. The normalized spacial score (nSPS) is 0. The molecule has 0 amide bonds. The Morgan fingerprint density at radius 1 is 0.250 bits per heavy atom. The predicted octanol–water partition coefficient (Wildman–Crippen LogP) is -1.53. The smallest absolute Gasteiger partial charge is 0 e. The molecule has 4 radical (unpaired) electrons. The summed E-state index contributed by atoms with van der Waals surface area (Å²) in [4.78, 5) is 0. The molecule has 0 aliphatic heterocycles. The van der Waals surface area contributed by atoms with Gasteiger partial charge in [-0.2, -0.15) is 0 Å². The number of hydrogen-bond acceptors (Lipinski definition) is 0. The quantitative estimate of drug-likeness (QED) is 0.464. The van der Waals surface area contributed by atoms with E-state index in [-0.39, 0.29) is 196 Å². The fourth-order valence-corrected chi connectivity index (χ4v) is 0. The van der Waals surface area contributed by atoms with Crippen molar-refractivity contribution in [2.24, 2.45) is 0 Å². The third kappa shape index (κ3) is 39.1. The summed E-state index contributed by atoms with van der Waals surface area (Å²) in [6, 6.07) is 0. The minimum atomic E-state index is 0. The summed E-state index contributed by atoms with van der Waals surface area (Å²) in [6.45, 7) is 0. The van der Waals surface area contributed by atoms with E-state index in [2.05, 4.69) is 0 Å². The van der Waals surface area contributed by atoms with Gasteiger partial charge in [0.1, 0.15) is 0 Å². The van der Waals surface area contributed by atoms with Crippen LogP contribution in [0.5, 0.6) is 0 Å². The predicted molar refractivity (Wildman–Crippen MR) is 23.0 cm³/mol. The fraction of sp³-hybridized carbons (Fsp3) is 0. The maximum Gasteiger partial charge on any atom is 0 e. The van der Waals surface area contributed by atoms with E-state index in [1.54, 1.807) is 0 Å². The van der Waals surface area contributed by atoms with E-state index in [4.69, 9.17) is 0 Å². The molecule has 0 aliphatic carbocycles. The first kappa shape index (κ1) is 62.6. The second kappa shape index (κ2) is 49.9. The van der Waals surface area contributed by atoms with Crippen LogP contribution in [0.4, 0.5) is 0 Å². The maximum atomic E-state index is 0. The third-order valence-corrected chi connectivity index (χ3v) is 0. The molecule has 0 aromatic carbocycles. The molecule has 0 heterocycles. The zero-order chi connectivity index (χ0) is 0. The first-order valence-corrected chi connectivity index (χ1v) is 0. The van der Waals surface area contributed by atoms with Crippen LogP contribution in [0.1, 0.15) is 0 Å². The Morgan fingerprint density at radius 3 is 0.250 bits per heavy atom. The Balaban J connectivity index is 0. The fourth-order valence-electron chi connectivity index (χ4n) is 0. The molecular weight excluding hydrogens is 354 g/mol. The Morgan fingerprint density at radius 2 is 0.250 bits per heavy atom. The van der Waals surface area contributed by atoms with Gasteiger partial charge < -0.3 is 0 Å². The third-order valence-electron chi connectivity index (χ3n) is 0. The number of rotatable bonds is 0. The summed E-state index contributed by atoms with van der Waals surface area (Å²) in [5, 5.41) is 0. The second-order valence-corrected chi connectivity index (χ2v) is 0. The van der Waals surface area contributed by atoms with E-state index in [1.807, 2.05) is 0 Å². The molecule has 0 fully saturated rings. The largest absolute Gasteiger partial charge is 0 e. The van der Waals surface area contributed by atoms with Crippen LogP contribution in [0.15, 0.2) is 0 Å². The molecule has 12 valence electrons. The first-order valence-electron chi connectivity index (χ1n) is 0. The van der Waals surface area contributed by atoms with Crippen LogP contribution in [0.3, 0.4) is 0 Å². The van der Waals surface area contributed by atoms with E-state index < -0.39 is 0 Å². The zero-order valence-electron chi connectivity index (χ0n) is 6.83. The van der Waals surface area contributed by atoms with Gasteiger partial charge in [-0.3, -0.25) is 0 Å². The van der Waals surface area contributed by atoms with E-state index in [1.165, 1.54) is 0 Å². The van der Waals surface area contributed by atoms with Gasteiger partial charge in [0.05, 0.1) is 0 Å². The van der Waals surface area contributed by atoms with Gasteiger partial charge >= 0.3 is 0 Å². The summed E-state index contributed by atoms with van der Waals surface area (Å²) in [5.41, 5.74) is 0. The number of hydrogen-bond donors (Lipinski definition) is 0. The summed E-state index contributed by atoms with van der Waals surface area (Å²) in [7, 11) is 0. The molecule has 8 heteroatoms. The van der Waals surface area contributed by atoms with Gasteiger partial charge in [0.2, 0.25) is 0 Å². The molecule has 0 rings (SSSR count). The van der Waals surface area contributed by atoms with Gasteiger partial charge in [0.15, 0.2) is 0 Å².